The molecular formula is C12H15F3O2S. The molecule has 0 amide bonds. The molecule has 6 heteroatoms. The van der Waals surface area contributed by atoms with E-state index < -0.39 is 26.7 Å². The Morgan fingerprint density at radius 1 is 1.33 bits per heavy atom. The van der Waals surface area contributed by atoms with Gasteiger partial charge in [0.25, 0.3) is 0 Å². The SMILES string of the molecule is CCC(C)c1cccc(S(=O)(=O)C(F)(F)CF)c1. The molecule has 0 aliphatic heterocycles. The number of rotatable bonds is 5. The van der Waals surface area contributed by atoms with Crippen molar-refractivity contribution in [3.05, 3.63) is 29.8 Å². The van der Waals surface area contributed by atoms with Crippen LogP contribution in [0.4, 0.5) is 13.2 Å². The van der Waals surface area contributed by atoms with Crippen LogP contribution in [0.15, 0.2) is 29.2 Å². The summed E-state index contributed by atoms with van der Waals surface area (Å²) in [7, 11) is -4.96. The average molecular weight is 280 g/mol. The monoisotopic (exact) mass is 280 g/mol. The Bertz CT molecular complexity index is 512. The predicted octanol–water partition coefficient (Wildman–Crippen LogP) is 3.54. The summed E-state index contributed by atoms with van der Waals surface area (Å²) in [5, 5.41) is -4.37. The van der Waals surface area contributed by atoms with Crippen LogP contribution in [0.3, 0.4) is 0 Å². The Labute approximate surface area is 105 Å². The third-order valence-electron chi connectivity index (χ3n) is 2.90. The third-order valence-corrected chi connectivity index (χ3v) is 4.67. The first kappa shape index (κ1) is 15.0. The van der Waals surface area contributed by atoms with Gasteiger partial charge >= 0.3 is 5.25 Å². The summed E-state index contributed by atoms with van der Waals surface area (Å²) in [6.45, 7) is 1.55. The zero-order valence-electron chi connectivity index (χ0n) is 10.2. The van der Waals surface area contributed by atoms with Gasteiger partial charge in [0.05, 0.1) is 4.90 Å². The van der Waals surface area contributed by atoms with Crippen LogP contribution in [-0.4, -0.2) is 20.3 Å². The highest BCUT2D eigenvalue weighted by Crippen LogP contribution is 2.31. The second-order valence-electron chi connectivity index (χ2n) is 4.16. The number of hydrogen-bond donors (Lipinski definition) is 0. The standard InChI is InChI=1S/C12H15F3O2S/c1-3-9(2)10-5-4-6-11(7-10)18(16,17)12(14,15)8-13/h4-7,9H,3,8H2,1-2H3. The molecule has 0 heterocycles. The van der Waals surface area contributed by atoms with Crippen LogP contribution in [0, 0.1) is 0 Å². The molecule has 1 aromatic carbocycles. The lowest BCUT2D eigenvalue weighted by Crippen LogP contribution is -2.31. The second kappa shape index (κ2) is 5.30. The fraction of sp³-hybridized carbons (Fsp3) is 0.500. The maximum Gasteiger partial charge on any atom is 0.377 e. The Balaban J connectivity index is 3.27. The smallest absolute Gasteiger partial charge is 0.243 e. The number of hydrogen-bond acceptors (Lipinski definition) is 2. The molecule has 0 spiro atoms. The van der Waals surface area contributed by atoms with Gasteiger partial charge in [0.2, 0.25) is 9.84 Å². The van der Waals surface area contributed by atoms with Crippen LogP contribution in [0.1, 0.15) is 31.7 Å². The Hall–Kier alpha value is -1.04. The molecule has 18 heavy (non-hydrogen) atoms. The summed E-state index contributed by atoms with van der Waals surface area (Å²) < 4.78 is 61.4. The lowest BCUT2D eigenvalue weighted by molar-refractivity contribution is 0.0620. The molecule has 2 nitrogen and oxygen atoms in total. The summed E-state index contributed by atoms with van der Waals surface area (Å²) in [6.07, 6.45) is 0.753. The number of halogens is 3. The van der Waals surface area contributed by atoms with E-state index in [0.717, 1.165) is 12.5 Å². The lowest BCUT2D eigenvalue weighted by atomic mass is 9.99. The van der Waals surface area contributed by atoms with E-state index in [2.05, 4.69) is 0 Å². The molecule has 0 radical (unpaired) electrons. The van der Waals surface area contributed by atoms with Crippen molar-refractivity contribution in [2.24, 2.45) is 0 Å². The number of alkyl halides is 3. The van der Waals surface area contributed by atoms with E-state index in [1.807, 2.05) is 13.8 Å². The van der Waals surface area contributed by atoms with Gasteiger partial charge in [0.15, 0.2) is 6.67 Å². The van der Waals surface area contributed by atoms with Crippen molar-refractivity contribution >= 4 is 9.84 Å². The minimum atomic E-state index is -4.96. The van der Waals surface area contributed by atoms with Crippen LogP contribution >= 0.6 is 0 Å². The van der Waals surface area contributed by atoms with Crippen molar-refractivity contribution in [1.82, 2.24) is 0 Å². The first-order valence-corrected chi connectivity index (χ1v) is 7.03. The van der Waals surface area contributed by atoms with E-state index in [9.17, 15) is 21.6 Å². The summed E-state index contributed by atoms with van der Waals surface area (Å²) in [6, 6.07) is 5.31. The van der Waals surface area contributed by atoms with Gasteiger partial charge < -0.3 is 0 Å². The molecule has 0 aliphatic rings. The Morgan fingerprint density at radius 3 is 2.44 bits per heavy atom. The molecule has 0 fully saturated rings. The molecular weight excluding hydrogens is 265 g/mol. The van der Waals surface area contributed by atoms with Crippen molar-refractivity contribution in [3.8, 4) is 0 Å². The molecule has 102 valence electrons. The van der Waals surface area contributed by atoms with Gasteiger partial charge in [-0.3, -0.25) is 0 Å². The maximum atomic E-state index is 13.1. The number of benzene rings is 1. The topological polar surface area (TPSA) is 34.1 Å². The molecule has 0 bridgehead atoms. The quantitative estimate of drug-likeness (QED) is 0.826. The third kappa shape index (κ3) is 2.68. The largest absolute Gasteiger partial charge is 0.377 e. The fourth-order valence-corrected chi connectivity index (χ4v) is 2.51. The van der Waals surface area contributed by atoms with Crippen molar-refractivity contribution in [2.75, 3.05) is 6.67 Å². The van der Waals surface area contributed by atoms with E-state index in [-0.39, 0.29) is 5.92 Å². The lowest BCUT2D eigenvalue weighted by Gasteiger charge is -2.15. The molecule has 1 atom stereocenters. The minimum Gasteiger partial charge on any atom is -0.243 e. The van der Waals surface area contributed by atoms with E-state index in [4.69, 9.17) is 0 Å². The predicted molar refractivity (Wildman–Crippen MR) is 63.3 cm³/mol. The summed E-state index contributed by atoms with van der Waals surface area (Å²) in [5.41, 5.74) is 0.647. The normalized spacial score (nSPS) is 14.5. The first-order chi connectivity index (χ1) is 8.26. The van der Waals surface area contributed by atoms with Gasteiger partial charge in [0, 0.05) is 0 Å². The van der Waals surface area contributed by atoms with Crippen molar-refractivity contribution in [3.63, 3.8) is 0 Å². The van der Waals surface area contributed by atoms with Gasteiger partial charge in [-0.1, -0.05) is 26.0 Å². The van der Waals surface area contributed by atoms with Gasteiger partial charge in [-0.05, 0) is 30.0 Å². The molecule has 0 saturated carbocycles. The van der Waals surface area contributed by atoms with Gasteiger partial charge in [0.1, 0.15) is 0 Å². The van der Waals surface area contributed by atoms with E-state index in [0.29, 0.717) is 5.56 Å². The van der Waals surface area contributed by atoms with E-state index in [1.165, 1.54) is 12.1 Å². The first-order valence-electron chi connectivity index (χ1n) is 5.54. The minimum absolute atomic E-state index is 0.0548. The zero-order valence-corrected chi connectivity index (χ0v) is 11.0. The Morgan fingerprint density at radius 2 is 1.94 bits per heavy atom. The van der Waals surface area contributed by atoms with Crippen molar-refractivity contribution in [2.45, 2.75) is 36.3 Å². The van der Waals surface area contributed by atoms with E-state index in [1.54, 1.807) is 6.07 Å². The van der Waals surface area contributed by atoms with Crippen LogP contribution in [-0.2, 0) is 9.84 Å². The number of sulfone groups is 1. The maximum absolute atomic E-state index is 13.1. The average Bonchev–Trinajstić information content (AvgIpc) is 2.37. The van der Waals surface area contributed by atoms with Gasteiger partial charge in [-0.2, -0.15) is 8.78 Å². The highest BCUT2D eigenvalue weighted by atomic mass is 32.2. The summed E-state index contributed by atoms with van der Waals surface area (Å²) in [4.78, 5) is -0.539. The second-order valence-corrected chi connectivity index (χ2v) is 6.23. The molecule has 0 N–H and O–H groups in total. The molecule has 1 aromatic rings. The van der Waals surface area contributed by atoms with Crippen molar-refractivity contribution < 1.29 is 21.6 Å². The fourth-order valence-electron chi connectivity index (χ4n) is 1.47. The van der Waals surface area contributed by atoms with Gasteiger partial charge in [-0.15, -0.1) is 0 Å². The van der Waals surface area contributed by atoms with Crippen LogP contribution in [0.2, 0.25) is 0 Å². The van der Waals surface area contributed by atoms with Crippen molar-refractivity contribution in [1.29, 1.82) is 0 Å². The van der Waals surface area contributed by atoms with Crippen LogP contribution in [0.5, 0.6) is 0 Å². The van der Waals surface area contributed by atoms with Gasteiger partial charge in [-0.25, -0.2) is 12.8 Å². The molecule has 0 aliphatic carbocycles. The highest BCUT2D eigenvalue weighted by molar-refractivity contribution is 7.92. The van der Waals surface area contributed by atoms with E-state index >= 15 is 0 Å². The summed E-state index contributed by atoms with van der Waals surface area (Å²) >= 11 is 0. The highest BCUT2D eigenvalue weighted by Gasteiger charge is 2.46. The molecule has 1 rings (SSSR count). The summed E-state index contributed by atoms with van der Waals surface area (Å²) in [5.74, 6) is 0.0548. The molecule has 1 unspecified atom stereocenters. The zero-order chi connectivity index (χ0) is 14.0. The molecule has 0 aromatic heterocycles. The Kier molecular flexibility index (Phi) is 4.42. The van der Waals surface area contributed by atoms with Crippen LogP contribution < -0.4 is 0 Å². The van der Waals surface area contributed by atoms with Crippen LogP contribution in [0.25, 0.3) is 0 Å². The molecule has 0 saturated heterocycles.